The number of hydrogen-bond donors (Lipinski definition) is 1. The zero-order valence-electron chi connectivity index (χ0n) is 12.8. The quantitative estimate of drug-likeness (QED) is 0.837. The molecule has 3 rings (SSSR count). The molecule has 1 amide bonds. The van der Waals surface area contributed by atoms with Gasteiger partial charge >= 0.3 is 0 Å². The van der Waals surface area contributed by atoms with E-state index in [0.717, 1.165) is 39.0 Å². The minimum Gasteiger partial charge on any atom is -0.481 e. The zero-order valence-corrected chi connectivity index (χ0v) is 15.2. The van der Waals surface area contributed by atoms with Crippen molar-refractivity contribution in [3.63, 3.8) is 0 Å². The first kappa shape index (κ1) is 18.5. The minimum absolute atomic E-state index is 0. The predicted octanol–water partition coefficient (Wildman–Crippen LogP) is 2.99. The van der Waals surface area contributed by atoms with Gasteiger partial charge in [0.1, 0.15) is 0 Å². The number of nitrogens with zero attached hydrogens (tertiary/aromatic N) is 1. The molecule has 4 nitrogen and oxygen atoms in total. The molecule has 23 heavy (non-hydrogen) atoms. The lowest BCUT2D eigenvalue weighted by molar-refractivity contribution is -0.135. The summed E-state index contributed by atoms with van der Waals surface area (Å²) in [5.41, 5.74) is 0.384. The Bertz CT molecular complexity index is 557. The summed E-state index contributed by atoms with van der Waals surface area (Å²) in [6.07, 6.45) is 3.28. The van der Waals surface area contributed by atoms with Gasteiger partial charge in [-0.15, -0.1) is 12.4 Å². The highest BCUT2D eigenvalue weighted by atomic mass is 79.9. The van der Waals surface area contributed by atoms with Crippen molar-refractivity contribution in [1.82, 2.24) is 10.2 Å². The largest absolute Gasteiger partial charge is 0.481 e. The summed E-state index contributed by atoms with van der Waals surface area (Å²) in [6.45, 7) is 3.58. The number of carbonyl (C=O) groups excluding carboxylic acids is 1. The van der Waals surface area contributed by atoms with Gasteiger partial charge in [-0.05, 0) is 49.4 Å². The molecule has 7 heteroatoms. The van der Waals surface area contributed by atoms with Crippen LogP contribution < -0.4 is 10.1 Å². The molecule has 1 spiro atoms. The van der Waals surface area contributed by atoms with E-state index in [4.69, 9.17) is 4.74 Å². The first-order valence-electron chi connectivity index (χ1n) is 7.64. The van der Waals surface area contributed by atoms with Crippen LogP contribution in [-0.4, -0.2) is 43.6 Å². The lowest BCUT2D eigenvalue weighted by Crippen LogP contribution is -2.45. The smallest absolute Gasteiger partial charge is 0.260 e. The number of nitrogens with one attached hydrogen (secondary N) is 1. The molecule has 0 aliphatic carbocycles. The van der Waals surface area contributed by atoms with Crippen LogP contribution in [0.3, 0.4) is 0 Å². The van der Waals surface area contributed by atoms with Gasteiger partial charge in [0.15, 0.2) is 18.2 Å². The van der Waals surface area contributed by atoms with Gasteiger partial charge < -0.3 is 15.0 Å². The Morgan fingerprint density at radius 3 is 2.70 bits per heavy atom. The van der Waals surface area contributed by atoms with Crippen molar-refractivity contribution in [2.75, 3.05) is 32.8 Å². The third kappa shape index (κ3) is 4.37. The fourth-order valence-electron chi connectivity index (χ4n) is 3.28. The summed E-state index contributed by atoms with van der Waals surface area (Å²) in [5, 5.41) is 3.41. The molecule has 0 aromatic heterocycles. The Labute approximate surface area is 150 Å². The average molecular weight is 408 g/mol. The van der Waals surface area contributed by atoms with Crippen molar-refractivity contribution in [2.24, 2.45) is 5.41 Å². The molecule has 2 heterocycles. The molecule has 0 atom stereocenters. The number of carbonyl (C=O) groups is 1. The molecule has 128 valence electrons. The summed E-state index contributed by atoms with van der Waals surface area (Å²) < 4.78 is 19.6. The molecule has 0 unspecified atom stereocenters. The van der Waals surface area contributed by atoms with E-state index in [1.165, 1.54) is 18.6 Å². The van der Waals surface area contributed by atoms with E-state index in [-0.39, 0.29) is 30.7 Å². The fraction of sp³-hybridized carbons (Fsp3) is 0.562. The summed E-state index contributed by atoms with van der Waals surface area (Å²) >= 11 is 3.19. The Hall–Kier alpha value is -0.850. The van der Waals surface area contributed by atoms with Crippen molar-refractivity contribution >= 4 is 34.2 Å². The van der Waals surface area contributed by atoms with Crippen molar-refractivity contribution in [3.05, 3.63) is 28.5 Å². The normalized spacial score (nSPS) is 19.5. The molecule has 2 saturated heterocycles. The second kappa shape index (κ2) is 7.81. The molecule has 2 aliphatic heterocycles. The van der Waals surface area contributed by atoms with Crippen LogP contribution in [0.15, 0.2) is 22.7 Å². The Morgan fingerprint density at radius 1 is 1.35 bits per heavy atom. The number of amides is 1. The van der Waals surface area contributed by atoms with Crippen LogP contribution in [0.1, 0.15) is 19.3 Å². The fourth-order valence-corrected chi connectivity index (χ4v) is 3.61. The number of hydrogen-bond acceptors (Lipinski definition) is 3. The number of rotatable bonds is 3. The SMILES string of the molecule is Cl.O=C(COc1ccc(Br)cc1F)N1CCC2(CCNC2)CC1. The van der Waals surface area contributed by atoms with Crippen LogP contribution in [0.5, 0.6) is 5.75 Å². The van der Waals surface area contributed by atoms with Gasteiger partial charge in [-0.3, -0.25) is 4.79 Å². The van der Waals surface area contributed by atoms with Gasteiger partial charge in [-0.1, -0.05) is 15.9 Å². The zero-order chi connectivity index (χ0) is 15.6. The number of likely N-dealkylation sites (tertiary alicyclic amines) is 1. The molecule has 0 radical (unpaired) electrons. The van der Waals surface area contributed by atoms with Crippen LogP contribution in [0.2, 0.25) is 0 Å². The summed E-state index contributed by atoms with van der Waals surface area (Å²) in [4.78, 5) is 14.0. The minimum atomic E-state index is -0.461. The lowest BCUT2D eigenvalue weighted by Gasteiger charge is -2.38. The molecule has 1 N–H and O–H groups in total. The number of halogens is 3. The van der Waals surface area contributed by atoms with E-state index < -0.39 is 5.82 Å². The maximum Gasteiger partial charge on any atom is 0.260 e. The Kier molecular flexibility index (Phi) is 6.28. The molecule has 2 aliphatic rings. The maximum atomic E-state index is 13.7. The third-order valence-electron chi connectivity index (χ3n) is 4.75. The summed E-state index contributed by atoms with van der Waals surface area (Å²) in [5.74, 6) is -0.412. The first-order chi connectivity index (χ1) is 10.6. The van der Waals surface area contributed by atoms with Gasteiger partial charge in [0.05, 0.1) is 0 Å². The van der Waals surface area contributed by atoms with E-state index in [2.05, 4.69) is 21.2 Å². The molecule has 0 saturated carbocycles. The standard InChI is InChI=1S/C16H20BrFN2O2.ClH/c17-12-1-2-14(13(18)9-12)22-10-15(21)20-7-4-16(5-8-20)3-6-19-11-16;/h1-2,9,19H,3-8,10-11H2;1H. The molecule has 1 aromatic carbocycles. The highest BCUT2D eigenvalue weighted by Gasteiger charge is 2.38. The summed E-state index contributed by atoms with van der Waals surface area (Å²) in [6, 6.07) is 4.56. The molecular formula is C16H21BrClFN2O2. The molecule has 0 bridgehead atoms. The molecule has 2 fully saturated rings. The van der Waals surface area contributed by atoms with Crippen molar-refractivity contribution in [3.8, 4) is 5.75 Å². The number of ether oxygens (including phenoxy) is 1. The highest BCUT2D eigenvalue weighted by Crippen LogP contribution is 2.36. The first-order valence-corrected chi connectivity index (χ1v) is 8.44. The van der Waals surface area contributed by atoms with Gasteiger partial charge in [0.25, 0.3) is 5.91 Å². The van der Waals surface area contributed by atoms with Crippen LogP contribution >= 0.6 is 28.3 Å². The number of piperidine rings is 1. The summed E-state index contributed by atoms with van der Waals surface area (Å²) in [7, 11) is 0. The topological polar surface area (TPSA) is 41.6 Å². The van der Waals surface area contributed by atoms with Crippen molar-refractivity contribution in [2.45, 2.75) is 19.3 Å². The van der Waals surface area contributed by atoms with Crippen molar-refractivity contribution < 1.29 is 13.9 Å². The maximum absolute atomic E-state index is 13.7. The highest BCUT2D eigenvalue weighted by molar-refractivity contribution is 9.10. The van der Waals surface area contributed by atoms with E-state index in [1.807, 2.05) is 4.90 Å². The van der Waals surface area contributed by atoms with Gasteiger partial charge in [-0.25, -0.2) is 4.39 Å². The van der Waals surface area contributed by atoms with E-state index in [1.54, 1.807) is 6.07 Å². The Morgan fingerprint density at radius 2 is 2.09 bits per heavy atom. The third-order valence-corrected chi connectivity index (χ3v) is 5.25. The monoisotopic (exact) mass is 406 g/mol. The average Bonchev–Trinajstić information content (AvgIpc) is 2.95. The second-order valence-corrected chi connectivity index (χ2v) is 7.09. The van der Waals surface area contributed by atoms with Crippen LogP contribution in [0.4, 0.5) is 4.39 Å². The number of benzene rings is 1. The predicted molar refractivity (Wildman–Crippen MR) is 92.6 cm³/mol. The van der Waals surface area contributed by atoms with E-state index in [0.29, 0.717) is 9.89 Å². The van der Waals surface area contributed by atoms with Crippen molar-refractivity contribution in [1.29, 1.82) is 0 Å². The van der Waals surface area contributed by atoms with Gasteiger partial charge in [0.2, 0.25) is 0 Å². The van der Waals surface area contributed by atoms with Gasteiger partial charge in [0, 0.05) is 24.1 Å². The molecular weight excluding hydrogens is 387 g/mol. The molecule has 1 aromatic rings. The van der Waals surface area contributed by atoms with Crippen LogP contribution in [-0.2, 0) is 4.79 Å². The lowest BCUT2D eigenvalue weighted by atomic mass is 9.78. The van der Waals surface area contributed by atoms with Crippen LogP contribution in [0, 0.1) is 11.2 Å². The van der Waals surface area contributed by atoms with Crippen LogP contribution in [0.25, 0.3) is 0 Å². The second-order valence-electron chi connectivity index (χ2n) is 6.17. The van der Waals surface area contributed by atoms with E-state index in [9.17, 15) is 9.18 Å². The van der Waals surface area contributed by atoms with Gasteiger partial charge in [-0.2, -0.15) is 0 Å². The Balaban J connectivity index is 0.00000192. The van der Waals surface area contributed by atoms with E-state index >= 15 is 0 Å².